The predicted molar refractivity (Wildman–Crippen MR) is 46.7 cm³/mol. The number of carboxylic acid groups (broad SMARTS) is 1. The van der Waals surface area contributed by atoms with Gasteiger partial charge in [-0.3, -0.25) is 9.59 Å². The van der Waals surface area contributed by atoms with E-state index >= 15 is 0 Å². The number of carbonyl (C=O) groups is 2. The Hall–Kier alpha value is -0.750. The van der Waals surface area contributed by atoms with Crippen LogP contribution in [0.5, 0.6) is 0 Å². The van der Waals surface area contributed by atoms with Crippen LogP contribution in [0.1, 0.15) is 6.42 Å². The van der Waals surface area contributed by atoms with Gasteiger partial charge in [0, 0.05) is 0 Å². The van der Waals surface area contributed by atoms with E-state index in [9.17, 15) is 9.59 Å². The number of aliphatic carboxylic acids is 1. The highest BCUT2D eigenvalue weighted by Gasteiger charge is 2.08. The molecule has 0 fully saturated rings. The van der Waals surface area contributed by atoms with Crippen molar-refractivity contribution >= 4 is 23.6 Å². The number of thioether (sulfide) groups is 1. The maximum absolute atomic E-state index is 10.4. The van der Waals surface area contributed by atoms with E-state index in [0.29, 0.717) is 12.2 Å². The van der Waals surface area contributed by atoms with E-state index < -0.39 is 17.9 Å². The van der Waals surface area contributed by atoms with E-state index in [1.165, 1.54) is 11.8 Å². The van der Waals surface area contributed by atoms with E-state index in [4.69, 9.17) is 16.6 Å². The summed E-state index contributed by atoms with van der Waals surface area (Å²) in [6.45, 7) is 0. The summed E-state index contributed by atoms with van der Waals surface area (Å²) in [6.07, 6.45) is 0.424. The van der Waals surface area contributed by atoms with Gasteiger partial charge in [0.2, 0.25) is 5.91 Å². The van der Waals surface area contributed by atoms with Gasteiger partial charge in [-0.15, -0.1) is 0 Å². The van der Waals surface area contributed by atoms with Crippen molar-refractivity contribution in [2.45, 2.75) is 12.5 Å². The molecule has 5 N–H and O–H groups in total. The Kier molecular flexibility index (Phi) is 5.48. The first-order chi connectivity index (χ1) is 5.54. The van der Waals surface area contributed by atoms with Crippen LogP contribution in [0.2, 0.25) is 0 Å². The lowest BCUT2D eigenvalue weighted by Crippen LogP contribution is -2.36. The van der Waals surface area contributed by atoms with E-state index in [0.717, 1.165) is 0 Å². The van der Waals surface area contributed by atoms with E-state index in [2.05, 4.69) is 0 Å². The molecule has 70 valence electrons. The summed E-state index contributed by atoms with van der Waals surface area (Å²) in [4.78, 5) is 20.4. The molecule has 0 aliphatic heterocycles. The van der Waals surface area contributed by atoms with Gasteiger partial charge in [0.15, 0.2) is 0 Å². The van der Waals surface area contributed by atoms with E-state index in [-0.39, 0.29) is 5.75 Å². The largest absolute Gasteiger partial charge is 0.481 e. The fraction of sp³-hybridized carbons (Fsp3) is 0.667. The molecule has 0 spiro atoms. The van der Waals surface area contributed by atoms with Gasteiger partial charge in [0.05, 0.1) is 11.8 Å². The Morgan fingerprint density at radius 2 is 2.08 bits per heavy atom. The molecule has 0 aromatic rings. The average molecular weight is 192 g/mol. The van der Waals surface area contributed by atoms with Crippen molar-refractivity contribution in [1.29, 1.82) is 0 Å². The number of rotatable bonds is 6. The van der Waals surface area contributed by atoms with E-state index in [1.54, 1.807) is 0 Å². The number of hydrogen-bond donors (Lipinski definition) is 3. The summed E-state index contributed by atoms with van der Waals surface area (Å²) < 4.78 is 0. The molecule has 1 amide bonds. The van der Waals surface area contributed by atoms with Gasteiger partial charge >= 0.3 is 5.97 Å². The van der Waals surface area contributed by atoms with Crippen molar-refractivity contribution in [3.63, 3.8) is 0 Å². The zero-order chi connectivity index (χ0) is 9.56. The van der Waals surface area contributed by atoms with Gasteiger partial charge in [-0.05, 0) is 12.2 Å². The third kappa shape index (κ3) is 5.99. The molecule has 0 aliphatic rings. The fourth-order valence-corrected chi connectivity index (χ4v) is 1.25. The van der Waals surface area contributed by atoms with Crippen LogP contribution in [0, 0.1) is 0 Å². The van der Waals surface area contributed by atoms with Gasteiger partial charge in [-0.1, -0.05) is 0 Å². The summed E-state index contributed by atoms with van der Waals surface area (Å²) in [6, 6.07) is -0.661. The van der Waals surface area contributed by atoms with Crippen LogP contribution < -0.4 is 11.5 Å². The fourth-order valence-electron chi connectivity index (χ4n) is 0.512. The number of primary amides is 1. The molecule has 1 atom stereocenters. The summed E-state index contributed by atoms with van der Waals surface area (Å²) in [5.41, 5.74) is 10.2. The van der Waals surface area contributed by atoms with Crippen LogP contribution in [0.25, 0.3) is 0 Å². The lowest BCUT2D eigenvalue weighted by molar-refractivity contribution is -0.133. The summed E-state index contributed by atoms with van der Waals surface area (Å²) in [5, 5.41) is 8.24. The van der Waals surface area contributed by atoms with Gasteiger partial charge in [0.1, 0.15) is 0 Å². The van der Waals surface area contributed by atoms with Gasteiger partial charge in [-0.25, -0.2) is 0 Å². The molecule has 12 heavy (non-hydrogen) atoms. The van der Waals surface area contributed by atoms with Crippen molar-refractivity contribution in [3.8, 4) is 0 Å². The number of carbonyl (C=O) groups excluding carboxylic acids is 1. The molecular formula is C6H12N2O3S. The van der Waals surface area contributed by atoms with Crippen molar-refractivity contribution in [1.82, 2.24) is 0 Å². The molecule has 0 saturated heterocycles. The Morgan fingerprint density at radius 1 is 1.50 bits per heavy atom. The second-order valence-electron chi connectivity index (χ2n) is 2.24. The molecule has 0 aliphatic carbocycles. The maximum atomic E-state index is 10.4. The van der Waals surface area contributed by atoms with Crippen LogP contribution in [-0.2, 0) is 9.59 Å². The highest BCUT2D eigenvalue weighted by Crippen LogP contribution is 2.03. The van der Waals surface area contributed by atoms with Crippen molar-refractivity contribution in [3.05, 3.63) is 0 Å². The average Bonchev–Trinajstić information content (AvgIpc) is 1.97. The lowest BCUT2D eigenvalue weighted by atomic mass is 10.2. The second kappa shape index (κ2) is 5.84. The zero-order valence-electron chi connectivity index (χ0n) is 6.53. The van der Waals surface area contributed by atoms with Crippen molar-refractivity contribution < 1.29 is 14.7 Å². The minimum absolute atomic E-state index is 0.0332. The van der Waals surface area contributed by atoms with Crippen LogP contribution in [0.4, 0.5) is 0 Å². The van der Waals surface area contributed by atoms with E-state index in [1.807, 2.05) is 0 Å². The SMILES string of the molecule is NC(=O)[C@@H](N)CCSCC(=O)O. The standard InChI is InChI=1S/C6H12N2O3S/c7-4(6(8)11)1-2-12-3-5(9)10/h4H,1-3,7H2,(H2,8,11)(H,9,10)/t4-/m0/s1. The highest BCUT2D eigenvalue weighted by atomic mass is 32.2. The van der Waals surface area contributed by atoms with Gasteiger partial charge in [-0.2, -0.15) is 11.8 Å². The Bertz CT molecular complexity index is 174. The molecule has 0 bridgehead atoms. The lowest BCUT2D eigenvalue weighted by Gasteiger charge is -2.04. The molecule has 0 unspecified atom stereocenters. The Balaban J connectivity index is 3.31. The molecule has 0 radical (unpaired) electrons. The normalized spacial score (nSPS) is 12.4. The van der Waals surface area contributed by atoms with Crippen LogP contribution in [0.15, 0.2) is 0 Å². The molecule has 0 rings (SSSR count). The minimum atomic E-state index is -0.868. The van der Waals surface area contributed by atoms with Crippen LogP contribution >= 0.6 is 11.8 Å². The van der Waals surface area contributed by atoms with Gasteiger partial charge in [0.25, 0.3) is 0 Å². The van der Waals surface area contributed by atoms with Crippen molar-refractivity contribution in [2.75, 3.05) is 11.5 Å². The summed E-state index contributed by atoms with van der Waals surface area (Å²) in [5.74, 6) is -0.847. The first-order valence-corrected chi connectivity index (χ1v) is 4.54. The predicted octanol–water partition coefficient (Wildman–Crippen LogP) is -0.993. The third-order valence-corrected chi connectivity index (χ3v) is 2.14. The number of amides is 1. The Labute approximate surface area is 74.5 Å². The molecule has 6 heteroatoms. The Morgan fingerprint density at radius 3 is 2.50 bits per heavy atom. The monoisotopic (exact) mass is 192 g/mol. The number of nitrogens with two attached hydrogens (primary N) is 2. The molecule has 0 heterocycles. The molecular weight excluding hydrogens is 180 g/mol. The van der Waals surface area contributed by atoms with Crippen LogP contribution in [0.3, 0.4) is 0 Å². The summed E-state index contributed by atoms with van der Waals surface area (Å²) in [7, 11) is 0. The van der Waals surface area contributed by atoms with Gasteiger partial charge < -0.3 is 16.6 Å². The quantitative estimate of drug-likeness (QED) is 0.468. The number of carboxylic acids is 1. The van der Waals surface area contributed by atoms with Crippen molar-refractivity contribution in [2.24, 2.45) is 11.5 Å². The molecule has 0 saturated carbocycles. The minimum Gasteiger partial charge on any atom is -0.481 e. The first-order valence-electron chi connectivity index (χ1n) is 3.38. The van der Waals surface area contributed by atoms with Crippen LogP contribution in [-0.4, -0.2) is 34.5 Å². The maximum Gasteiger partial charge on any atom is 0.313 e. The molecule has 5 nitrogen and oxygen atoms in total. The first kappa shape index (κ1) is 11.2. The number of hydrogen-bond acceptors (Lipinski definition) is 4. The smallest absolute Gasteiger partial charge is 0.313 e. The topological polar surface area (TPSA) is 106 Å². The third-order valence-electron chi connectivity index (χ3n) is 1.16. The highest BCUT2D eigenvalue weighted by molar-refractivity contribution is 7.99. The summed E-state index contributed by atoms with van der Waals surface area (Å²) >= 11 is 1.22. The second-order valence-corrected chi connectivity index (χ2v) is 3.35. The zero-order valence-corrected chi connectivity index (χ0v) is 7.34. The molecule has 0 aromatic heterocycles. The molecule has 0 aromatic carbocycles.